The highest BCUT2D eigenvalue weighted by Gasteiger charge is 2.25. The van der Waals surface area contributed by atoms with Crippen LogP contribution in [0, 0.1) is 5.92 Å². The molecule has 0 bridgehead atoms. The van der Waals surface area contributed by atoms with E-state index in [1.165, 1.54) is 25.7 Å². The number of nitrogens with two attached hydrogens (primary N) is 1. The second-order valence-corrected chi connectivity index (χ2v) is 6.60. The second kappa shape index (κ2) is 7.65. The van der Waals surface area contributed by atoms with Crippen LogP contribution in [0.2, 0.25) is 10.0 Å². The van der Waals surface area contributed by atoms with Crippen LogP contribution >= 0.6 is 23.2 Å². The lowest BCUT2D eigenvalue weighted by atomic mass is 9.91. The van der Waals surface area contributed by atoms with Crippen molar-refractivity contribution in [2.45, 2.75) is 38.6 Å². The summed E-state index contributed by atoms with van der Waals surface area (Å²) in [4.78, 5) is 2.48. The van der Waals surface area contributed by atoms with Crippen LogP contribution in [0.15, 0.2) is 18.2 Å². The Morgan fingerprint density at radius 1 is 1.20 bits per heavy atom. The molecular weight excluding hydrogens is 291 g/mol. The van der Waals surface area contributed by atoms with Crippen LogP contribution in [0.5, 0.6) is 0 Å². The van der Waals surface area contributed by atoms with E-state index in [2.05, 4.69) is 11.8 Å². The Balaban J connectivity index is 2.05. The van der Waals surface area contributed by atoms with Gasteiger partial charge in [-0.1, -0.05) is 43.0 Å². The summed E-state index contributed by atoms with van der Waals surface area (Å²) in [6, 6.07) is 5.98. The van der Waals surface area contributed by atoms with E-state index in [9.17, 15) is 0 Å². The maximum Gasteiger partial charge on any atom is 0.0471 e. The molecule has 4 heteroatoms. The summed E-state index contributed by atoms with van der Waals surface area (Å²) in [5, 5.41) is 1.37. The van der Waals surface area contributed by atoms with E-state index in [-0.39, 0.29) is 6.04 Å². The topological polar surface area (TPSA) is 29.3 Å². The molecule has 1 atom stereocenters. The smallest absolute Gasteiger partial charge is 0.0471 e. The summed E-state index contributed by atoms with van der Waals surface area (Å²) in [6.07, 6.45) is 5.19. The molecule has 0 radical (unpaired) electrons. The summed E-state index contributed by atoms with van der Waals surface area (Å²) in [7, 11) is 0. The Bertz CT molecular complexity index is 408. The van der Waals surface area contributed by atoms with E-state index in [0.717, 1.165) is 24.6 Å². The lowest BCUT2D eigenvalue weighted by Crippen LogP contribution is -2.39. The van der Waals surface area contributed by atoms with Gasteiger partial charge in [-0.05, 0) is 55.6 Å². The van der Waals surface area contributed by atoms with Crippen molar-refractivity contribution in [3.63, 3.8) is 0 Å². The fourth-order valence-corrected chi connectivity index (χ4v) is 3.77. The summed E-state index contributed by atoms with van der Waals surface area (Å²) >= 11 is 12.2. The van der Waals surface area contributed by atoms with Crippen LogP contribution in [-0.2, 0) is 0 Å². The number of rotatable bonds is 5. The molecule has 20 heavy (non-hydrogen) atoms. The minimum absolute atomic E-state index is 0.230. The lowest BCUT2D eigenvalue weighted by Gasteiger charge is -2.37. The third-order valence-electron chi connectivity index (χ3n) is 4.28. The molecule has 2 rings (SSSR count). The van der Waals surface area contributed by atoms with Gasteiger partial charge < -0.3 is 5.73 Å². The third kappa shape index (κ3) is 4.11. The molecular formula is C16H24Cl2N2. The first-order valence-corrected chi connectivity index (χ1v) is 8.29. The highest BCUT2D eigenvalue weighted by Crippen LogP contribution is 2.31. The largest absolute Gasteiger partial charge is 0.329 e. The Kier molecular flexibility index (Phi) is 6.16. The number of halogens is 2. The van der Waals surface area contributed by atoms with Crippen LogP contribution in [0.25, 0.3) is 0 Å². The maximum atomic E-state index is 6.11. The molecule has 1 aromatic rings. The van der Waals surface area contributed by atoms with Gasteiger partial charge in [0, 0.05) is 22.6 Å². The number of piperidine rings is 1. The molecule has 0 saturated carbocycles. The SMILES string of the molecule is CCCC1CCN(C(CN)c2cc(Cl)cc(Cl)c2)CC1. The fourth-order valence-electron chi connectivity index (χ4n) is 3.23. The molecule has 0 aliphatic carbocycles. The summed E-state index contributed by atoms with van der Waals surface area (Å²) < 4.78 is 0. The molecule has 1 saturated heterocycles. The molecule has 1 heterocycles. The van der Waals surface area contributed by atoms with Crippen LogP contribution in [0.1, 0.15) is 44.2 Å². The van der Waals surface area contributed by atoms with E-state index < -0.39 is 0 Å². The van der Waals surface area contributed by atoms with E-state index in [4.69, 9.17) is 28.9 Å². The summed E-state index contributed by atoms with van der Waals surface area (Å²) in [5.41, 5.74) is 7.14. The molecule has 0 aromatic heterocycles. The van der Waals surface area contributed by atoms with Gasteiger partial charge in [0.25, 0.3) is 0 Å². The van der Waals surface area contributed by atoms with E-state index >= 15 is 0 Å². The molecule has 112 valence electrons. The lowest BCUT2D eigenvalue weighted by molar-refractivity contribution is 0.132. The number of benzene rings is 1. The molecule has 0 amide bonds. The Morgan fingerprint density at radius 2 is 1.80 bits per heavy atom. The second-order valence-electron chi connectivity index (χ2n) is 5.72. The predicted octanol–water partition coefficient (Wildman–Crippen LogP) is 4.51. The van der Waals surface area contributed by atoms with Gasteiger partial charge in [0.1, 0.15) is 0 Å². The highest BCUT2D eigenvalue weighted by atomic mass is 35.5. The van der Waals surface area contributed by atoms with Gasteiger partial charge in [-0.3, -0.25) is 4.90 Å². The van der Waals surface area contributed by atoms with E-state index in [0.29, 0.717) is 16.6 Å². The average Bonchev–Trinajstić information content (AvgIpc) is 2.41. The van der Waals surface area contributed by atoms with Gasteiger partial charge in [-0.25, -0.2) is 0 Å². The normalized spacial score (nSPS) is 19.2. The Labute approximate surface area is 132 Å². The number of hydrogen-bond acceptors (Lipinski definition) is 2. The zero-order valence-electron chi connectivity index (χ0n) is 12.1. The molecule has 2 nitrogen and oxygen atoms in total. The maximum absolute atomic E-state index is 6.11. The first-order valence-electron chi connectivity index (χ1n) is 7.54. The van der Waals surface area contributed by atoms with Crippen molar-refractivity contribution in [1.82, 2.24) is 4.90 Å². The van der Waals surface area contributed by atoms with Gasteiger partial charge in [0.2, 0.25) is 0 Å². The zero-order chi connectivity index (χ0) is 14.5. The predicted molar refractivity (Wildman–Crippen MR) is 87.5 cm³/mol. The zero-order valence-corrected chi connectivity index (χ0v) is 13.6. The molecule has 0 spiro atoms. The van der Waals surface area contributed by atoms with Gasteiger partial charge in [-0.15, -0.1) is 0 Å². The molecule has 1 aromatic carbocycles. The monoisotopic (exact) mass is 314 g/mol. The molecule has 1 aliphatic rings. The van der Waals surface area contributed by atoms with Crippen molar-refractivity contribution in [1.29, 1.82) is 0 Å². The van der Waals surface area contributed by atoms with Crippen molar-refractivity contribution in [2.24, 2.45) is 11.7 Å². The first kappa shape index (κ1) is 16.1. The minimum Gasteiger partial charge on any atom is -0.329 e. The highest BCUT2D eigenvalue weighted by molar-refractivity contribution is 6.34. The number of hydrogen-bond donors (Lipinski definition) is 1. The van der Waals surface area contributed by atoms with Crippen molar-refractivity contribution >= 4 is 23.2 Å². The quantitative estimate of drug-likeness (QED) is 0.866. The van der Waals surface area contributed by atoms with Gasteiger partial charge in [0.05, 0.1) is 0 Å². The molecule has 1 aliphatic heterocycles. The molecule has 1 unspecified atom stereocenters. The fraction of sp³-hybridized carbons (Fsp3) is 0.625. The third-order valence-corrected chi connectivity index (χ3v) is 4.72. The Hall–Kier alpha value is -0.280. The molecule has 2 N–H and O–H groups in total. The first-order chi connectivity index (χ1) is 9.63. The van der Waals surface area contributed by atoms with Crippen molar-refractivity contribution in [2.75, 3.05) is 19.6 Å². The van der Waals surface area contributed by atoms with Crippen molar-refractivity contribution in [3.8, 4) is 0 Å². The van der Waals surface area contributed by atoms with Crippen molar-refractivity contribution < 1.29 is 0 Å². The minimum atomic E-state index is 0.230. The summed E-state index contributed by atoms with van der Waals surface area (Å²) in [6.45, 7) is 5.12. The van der Waals surface area contributed by atoms with Gasteiger partial charge in [-0.2, -0.15) is 0 Å². The van der Waals surface area contributed by atoms with Crippen LogP contribution < -0.4 is 5.73 Å². The molecule has 1 fully saturated rings. The van der Waals surface area contributed by atoms with Crippen molar-refractivity contribution in [3.05, 3.63) is 33.8 Å². The number of likely N-dealkylation sites (tertiary alicyclic amines) is 1. The van der Waals surface area contributed by atoms with Gasteiger partial charge >= 0.3 is 0 Å². The van der Waals surface area contributed by atoms with Gasteiger partial charge in [0.15, 0.2) is 0 Å². The van der Waals surface area contributed by atoms with Crippen LogP contribution in [-0.4, -0.2) is 24.5 Å². The summed E-state index contributed by atoms with van der Waals surface area (Å²) in [5.74, 6) is 0.887. The standard InChI is InChI=1S/C16H24Cl2N2/c1-2-3-12-4-6-20(7-5-12)16(11-19)13-8-14(17)10-15(18)9-13/h8-10,12,16H,2-7,11,19H2,1H3. The van der Waals surface area contributed by atoms with E-state index in [1.54, 1.807) is 6.07 Å². The van der Waals surface area contributed by atoms with E-state index in [1.807, 2.05) is 12.1 Å². The van der Waals surface area contributed by atoms with Crippen LogP contribution in [0.3, 0.4) is 0 Å². The Morgan fingerprint density at radius 3 is 2.30 bits per heavy atom. The van der Waals surface area contributed by atoms with Crippen LogP contribution in [0.4, 0.5) is 0 Å². The number of nitrogens with zero attached hydrogens (tertiary/aromatic N) is 1. The average molecular weight is 315 g/mol.